The van der Waals surface area contributed by atoms with Crippen molar-refractivity contribution in [2.75, 3.05) is 17.2 Å². The Hall–Kier alpha value is -2.61. The Labute approximate surface area is 166 Å². The molecular weight excluding hydrogens is 380 g/mol. The number of carbonyl (C=O) groups is 1. The molecule has 1 amide bonds. The number of nitrogen functional groups attached to an aromatic ring is 1. The van der Waals surface area contributed by atoms with Crippen LogP contribution in [0.1, 0.15) is 57.3 Å². The molecule has 9 heteroatoms. The monoisotopic (exact) mass is 400 g/mol. The van der Waals surface area contributed by atoms with Crippen LogP contribution in [-0.4, -0.2) is 32.4 Å². The zero-order valence-corrected chi connectivity index (χ0v) is 16.5. The van der Waals surface area contributed by atoms with E-state index in [1.807, 2.05) is 18.5 Å². The first kappa shape index (κ1) is 17.5. The maximum Gasteiger partial charge on any atom is 0.227 e. The number of hydrogen-bond acceptors (Lipinski definition) is 6. The second kappa shape index (κ2) is 6.20. The fourth-order valence-electron chi connectivity index (χ4n) is 3.91. The first-order valence-electron chi connectivity index (χ1n) is 9.59. The van der Waals surface area contributed by atoms with Gasteiger partial charge in [0.1, 0.15) is 17.2 Å². The quantitative estimate of drug-likeness (QED) is 0.712. The molecule has 0 spiro atoms. The summed E-state index contributed by atoms with van der Waals surface area (Å²) in [4.78, 5) is 18.5. The van der Waals surface area contributed by atoms with Crippen LogP contribution in [0.3, 0.4) is 0 Å². The van der Waals surface area contributed by atoms with E-state index in [0.717, 1.165) is 30.7 Å². The van der Waals surface area contributed by atoms with Crippen molar-refractivity contribution in [3.63, 3.8) is 0 Å². The number of anilines is 2. The highest BCUT2D eigenvalue weighted by Gasteiger charge is 2.39. The summed E-state index contributed by atoms with van der Waals surface area (Å²) in [6, 6.07) is 0.0576. The van der Waals surface area contributed by atoms with E-state index >= 15 is 0 Å². The summed E-state index contributed by atoms with van der Waals surface area (Å²) in [6.07, 6.45) is 4.98. The molecule has 146 valence electrons. The fourth-order valence-corrected chi connectivity index (χ4v) is 4.14. The van der Waals surface area contributed by atoms with E-state index in [1.54, 1.807) is 4.90 Å². The SMILES string of the molecule is CC(C)n1nc(-c2noc(C3CC3)c2N2CCCC2=O)c2c(N)ncc(Cl)c21. The van der Waals surface area contributed by atoms with Crippen molar-refractivity contribution < 1.29 is 9.32 Å². The van der Waals surface area contributed by atoms with Gasteiger partial charge in [0.15, 0.2) is 11.5 Å². The average molecular weight is 401 g/mol. The van der Waals surface area contributed by atoms with Gasteiger partial charge in [-0.25, -0.2) is 4.98 Å². The molecule has 1 saturated carbocycles. The van der Waals surface area contributed by atoms with Crippen molar-refractivity contribution >= 4 is 39.9 Å². The van der Waals surface area contributed by atoms with E-state index in [9.17, 15) is 4.79 Å². The Kier molecular flexibility index (Phi) is 3.87. The lowest BCUT2D eigenvalue weighted by Gasteiger charge is -2.16. The number of nitrogens with two attached hydrogens (primary N) is 1. The van der Waals surface area contributed by atoms with Crippen molar-refractivity contribution in [2.24, 2.45) is 0 Å². The number of carbonyl (C=O) groups excluding carboxylic acids is 1. The van der Waals surface area contributed by atoms with E-state index in [4.69, 9.17) is 27.0 Å². The van der Waals surface area contributed by atoms with E-state index < -0.39 is 0 Å². The van der Waals surface area contributed by atoms with Gasteiger partial charge in [-0.2, -0.15) is 5.10 Å². The van der Waals surface area contributed by atoms with Crippen LogP contribution in [-0.2, 0) is 4.79 Å². The third-order valence-electron chi connectivity index (χ3n) is 5.41. The van der Waals surface area contributed by atoms with Crippen LogP contribution in [0.15, 0.2) is 10.7 Å². The number of halogens is 1. The zero-order valence-electron chi connectivity index (χ0n) is 15.8. The van der Waals surface area contributed by atoms with E-state index in [-0.39, 0.29) is 11.9 Å². The molecule has 1 saturated heterocycles. The highest BCUT2D eigenvalue weighted by atomic mass is 35.5. The van der Waals surface area contributed by atoms with Crippen molar-refractivity contribution in [1.29, 1.82) is 0 Å². The topological polar surface area (TPSA) is 103 Å². The first-order chi connectivity index (χ1) is 13.5. The van der Waals surface area contributed by atoms with E-state index in [2.05, 4.69) is 10.1 Å². The van der Waals surface area contributed by atoms with Crippen LogP contribution < -0.4 is 10.6 Å². The number of hydrogen-bond donors (Lipinski definition) is 1. The maximum atomic E-state index is 12.5. The second-order valence-corrected chi connectivity index (χ2v) is 8.18. The van der Waals surface area contributed by atoms with Gasteiger partial charge in [0.05, 0.1) is 22.1 Å². The number of nitrogens with zero attached hydrogens (tertiary/aromatic N) is 5. The van der Waals surface area contributed by atoms with Crippen molar-refractivity contribution in [1.82, 2.24) is 19.9 Å². The molecule has 28 heavy (non-hydrogen) atoms. The minimum Gasteiger partial charge on any atom is -0.383 e. The first-order valence-corrected chi connectivity index (χ1v) is 9.97. The van der Waals surface area contributed by atoms with Crippen molar-refractivity contribution in [3.8, 4) is 11.4 Å². The molecule has 0 atom stereocenters. The Bertz CT molecular complexity index is 1100. The smallest absolute Gasteiger partial charge is 0.227 e. The Balaban J connectivity index is 1.80. The number of amides is 1. The van der Waals surface area contributed by atoms with Crippen molar-refractivity contribution in [3.05, 3.63) is 17.0 Å². The molecule has 2 N–H and O–H groups in total. The summed E-state index contributed by atoms with van der Waals surface area (Å²) in [5, 5.41) is 10.2. The van der Waals surface area contributed by atoms with Crippen LogP contribution in [0, 0.1) is 0 Å². The second-order valence-electron chi connectivity index (χ2n) is 7.77. The zero-order chi connectivity index (χ0) is 19.6. The molecule has 2 aliphatic rings. The lowest BCUT2D eigenvalue weighted by molar-refractivity contribution is -0.117. The van der Waals surface area contributed by atoms with Gasteiger partial charge in [0.25, 0.3) is 0 Å². The highest BCUT2D eigenvalue weighted by molar-refractivity contribution is 6.35. The lowest BCUT2D eigenvalue weighted by Crippen LogP contribution is -2.25. The molecule has 3 aromatic rings. The molecule has 0 radical (unpaired) electrons. The number of fused-ring (bicyclic) bond motifs is 1. The van der Waals surface area contributed by atoms with Crippen molar-refractivity contribution in [2.45, 2.75) is 51.5 Å². The average Bonchev–Trinajstić information content (AvgIpc) is 3.09. The van der Waals surface area contributed by atoms with Crippen LogP contribution in [0.4, 0.5) is 11.5 Å². The third-order valence-corrected chi connectivity index (χ3v) is 5.68. The summed E-state index contributed by atoms with van der Waals surface area (Å²) < 4.78 is 7.56. The summed E-state index contributed by atoms with van der Waals surface area (Å²) in [5.41, 5.74) is 8.77. The number of aromatic nitrogens is 4. The van der Waals surface area contributed by atoms with Gasteiger partial charge < -0.3 is 15.2 Å². The molecule has 8 nitrogen and oxygen atoms in total. The van der Waals surface area contributed by atoms with E-state index in [0.29, 0.717) is 52.0 Å². The number of pyridine rings is 1. The van der Waals surface area contributed by atoms with Crippen LogP contribution in [0.5, 0.6) is 0 Å². The molecule has 2 fully saturated rings. The maximum absolute atomic E-state index is 12.5. The summed E-state index contributed by atoms with van der Waals surface area (Å²) in [7, 11) is 0. The molecule has 4 heterocycles. The molecule has 0 unspecified atom stereocenters. The Morgan fingerprint density at radius 1 is 1.32 bits per heavy atom. The fraction of sp³-hybridized carbons (Fsp3) is 0.474. The molecular formula is C19H21ClN6O2. The predicted molar refractivity (Wildman–Crippen MR) is 106 cm³/mol. The van der Waals surface area contributed by atoms with Gasteiger partial charge in [-0.1, -0.05) is 16.8 Å². The summed E-state index contributed by atoms with van der Waals surface area (Å²) in [6.45, 7) is 4.70. The third kappa shape index (κ3) is 2.51. The van der Waals surface area contributed by atoms with Gasteiger partial charge >= 0.3 is 0 Å². The van der Waals surface area contributed by atoms with Gasteiger partial charge in [-0.15, -0.1) is 0 Å². The minimum absolute atomic E-state index is 0.0576. The normalized spacial score (nSPS) is 17.4. The number of rotatable bonds is 4. The van der Waals surface area contributed by atoms with Crippen LogP contribution in [0.25, 0.3) is 22.3 Å². The van der Waals surface area contributed by atoms with Gasteiger partial charge in [0, 0.05) is 24.9 Å². The molecule has 3 aromatic heterocycles. The Morgan fingerprint density at radius 3 is 2.75 bits per heavy atom. The van der Waals surface area contributed by atoms with Gasteiger partial charge in [-0.3, -0.25) is 9.48 Å². The Morgan fingerprint density at radius 2 is 2.11 bits per heavy atom. The molecule has 1 aliphatic heterocycles. The molecule has 0 bridgehead atoms. The van der Waals surface area contributed by atoms with E-state index in [1.165, 1.54) is 6.20 Å². The van der Waals surface area contributed by atoms with Gasteiger partial charge in [-0.05, 0) is 33.1 Å². The predicted octanol–water partition coefficient (Wildman–Crippen LogP) is 3.91. The molecule has 5 rings (SSSR count). The van der Waals surface area contributed by atoms with Crippen LogP contribution in [0.2, 0.25) is 5.02 Å². The largest absolute Gasteiger partial charge is 0.383 e. The summed E-state index contributed by atoms with van der Waals surface area (Å²) in [5.74, 6) is 1.49. The highest BCUT2D eigenvalue weighted by Crippen LogP contribution is 2.49. The lowest BCUT2D eigenvalue weighted by atomic mass is 10.1. The van der Waals surface area contributed by atoms with Crippen LogP contribution >= 0.6 is 11.6 Å². The summed E-state index contributed by atoms with van der Waals surface area (Å²) >= 11 is 6.45. The standard InChI is InChI=1S/C19H21ClN6O2/c1-9(2)26-16-11(20)8-22-19(21)13(16)14(23-26)15-17(25-7-3-4-12(25)27)18(28-24-15)10-5-6-10/h8-10H,3-7H2,1-2H3,(H2,21,22). The molecule has 0 aromatic carbocycles. The van der Waals surface area contributed by atoms with Gasteiger partial charge in [0.2, 0.25) is 5.91 Å². The molecule has 1 aliphatic carbocycles. The minimum atomic E-state index is 0.0576.